The number of carbonyl (C=O) groups excluding carboxylic acids is 2. The Bertz CT molecular complexity index is 1150. The molecule has 1 aromatic carbocycles. The zero-order valence-corrected chi connectivity index (χ0v) is 18.8. The minimum atomic E-state index is -0.240. The van der Waals surface area contributed by atoms with Crippen molar-refractivity contribution in [1.29, 1.82) is 0 Å². The molecule has 0 radical (unpaired) electrons. The van der Waals surface area contributed by atoms with E-state index in [0.717, 1.165) is 41.7 Å². The number of rotatable bonds is 6. The molecule has 0 saturated carbocycles. The van der Waals surface area contributed by atoms with E-state index >= 15 is 0 Å². The van der Waals surface area contributed by atoms with Crippen molar-refractivity contribution in [1.82, 2.24) is 19.7 Å². The van der Waals surface area contributed by atoms with Crippen molar-refractivity contribution in [3.05, 3.63) is 53.3 Å². The lowest BCUT2D eigenvalue weighted by atomic mass is 9.97. The van der Waals surface area contributed by atoms with Crippen LogP contribution < -0.4 is 11.1 Å². The van der Waals surface area contributed by atoms with E-state index in [4.69, 9.17) is 5.73 Å². The molecule has 2 amide bonds. The first kappa shape index (κ1) is 22.0. The third kappa shape index (κ3) is 4.50. The maximum absolute atomic E-state index is 13.2. The van der Waals surface area contributed by atoms with E-state index < -0.39 is 0 Å². The van der Waals surface area contributed by atoms with E-state index in [1.54, 1.807) is 6.20 Å². The van der Waals surface area contributed by atoms with E-state index in [-0.39, 0.29) is 23.8 Å². The van der Waals surface area contributed by atoms with Crippen LogP contribution in [0.25, 0.3) is 11.0 Å². The van der Waals surface area contributed by atoms with Gasteiger partial charge >= 0.3 is 0 Å². The minimum absolute atomic E-state index is 0.113. The molecular weight excluding hydrogens is 404 g/mol. The summed E-state index contributed by atoms with van der Waals surface area (Å²) in [7, 11) is 0. The van der Waals surface area contributed by atoms with Crippen molar-refractivity contribution in [3.8, 4) is 0 Å². The fourth-order valence-electron chi connectivity index (χ4n) is 4.32. The fraction of sp³-hybridized carbons (Fsp3) is 0.417. The number of primary amides is 1. The summed E-state index contributed by atoms with van der Waals surface area (Å²) in [6.45, 7) is 8.15. The van der Waals surface area contributed by atoms with Gasteiger partial charge in [0.1, 0.15) is 0 Å². The van der Waals surface area contributed by atoms with Crippen LogP contribution in [0.4, 0.5) is 5.69 Å². The Kier molecular flexibility index (Phi) is 6.23. The predicted molar refractivity (Wildman–Crippen MR) is 124 cm³/mol. The number of hydrogen-bond acceptors (Lipinski definition) is 5. The molecule has 0 aliphatic carbocycles. The lowest BCUT2D eigenvalue weighted by Gasteiger charge is -2.31. The number of hydrogen-bond donors (Lipinski definition) is 2. The summed E-state index contributed by atoms with van der Waals surface area (Å²) in [5.74, 6) is -0.552. The largest absolute Gasteiger partial charge is 0.369 e. The molecule has 0 spiro atoms. The number of aromatic nitrogens is 3. The summed E-state index contributed by atoms with van der Waals surface area (Å²) in [5, 5.41) is 8.30. The van der Waals surface area contributed by atoms with Crippen LogP contribution in [-0.2, 0) is 11.3 Å². The van der Waals surface area contributed by atoms with Gasteiger partial charge < -0.3 is 11.1 Å². The highest BCUT2D eigenvalue weighted by Crippen LogP contribution is 2.24. The standard InChI is InChI=1S/C24H30N6O2/c1-15(2)30-23-19(12-26-30)11-20(16(3)27-23)24(32)28-21-9-5-4-7-17(21)13-29-10-6-8-18(14-29)22(25)31/h4-5,7,9,11-12,15,18H,6,8,10,13-14H2,1-3H3,(H2,25,31)(H,28,32). The Hall–Kier alpha value is -3.26. The normalized spacial score (nSPS) is 17.1. The Morgan fingerprint density at radius 3 is 2.81 bits per heavy atom. The third-order valence-electron chi connectivity index (χ3n) is 6.06. The average Bonchev–Trinajstić information content (AvgIpc) is 3.17. The van der Waals surface area contributed by atoms with Crippen LogP contribution in [0.2, 0.25) is 0 Å². The maximum Gasteiger partial charge on any atom is 0.257 e. The monoisotopic (exact) mass is 434 g/mol. The van der Waals surface area contributed by atoms with E-state index in [1.807, 2.05) is 41.9 Å². The summed E-state index contributed by atoms with van der Waals surface area (Å²) >= 11 is 0. The van der Waals surface area contributed by atoms with Crippen LogP contribution in [0, 0.1) is 12.8 Å². The van der Waals surface area contributed by atoms with Gasteiger partial charge in [0.2, 0.25) is 5.91 Å². The number of para-hydroxylation sites is 1. The molecule has 1 unspecified atom stereocenters. The van der Waals surface area contributed by atoms with Gasteiger partial charge in [-0.3, -0.25) is 14.5 Å². The second-order valence-corrected chi connectivity index (χ2v) is 8.80. The van der Waals surface area contributed by atoms with Crippen molar-refractivity contribution >= 4 is 28.5 Å². The van der Waals surface area contributed by atoms with Crippen LogP contribution in [0.5, 0.6) is 0 Å². The van der Waals surface area contributed by atoms with Gasteiger partial charge in [-0.05, 0) is 57.9 Å². The lowest BCUT2D eigenvalue weighted by Crippen LogP contribution is -2.40. The van der Waals surface area contributed by atoms with Gasteiger partial charge in [-0.1, -0.05) is 18.2 Å². The van der Waals surface area contributed by atoms with Gasteiger partial charge in [0.25, 0.3) is 5.91 Å². The lowest BCUT2D eigenvalue weighted by molar-refractivity contribution is -0.123. The van der Waals surface area contributed by atoms with Crippen molar-refractivity contribution in [3.63, 3.8) is 0 Å². The molecule has 4 rings (SSSR count). The highest BCUT2D eigenvalue weighted by molar-refractivity contribution is 6.07. The van der Waals surface area contributed by atoms with E-state index in [1.165, 1.54) is 0 Å². The van der Waals surface area contributed by atoms with Crippen LogP contribution in [0.1, 0.15) is 54.3 Å². The summed E-state index contributed by atoms with van der Waals surface area (Å²) < 4.78 is 1.86. The number of likely N-dealkylation sites (tertiary alicyclic amines) is 1. The number of carbonyl (C=O) groups is 2. The highest BCUT2D eigenvalue weighted by Gasteiger charge is 2.24. The molecule has 8 nitrogen and oxygen atoms in total. The van der Waals surface area contributed by atoms with Crippen molar-refractivity contribution in [2.75, 3.05) is 18.4 Å². The molecule has 8 heteroatoms. The Morgan fingerprint density at radius 1 is 1.28 bits per heavy atom. The number of nitrogens with two attached hydrogens (primary N) is 1. The molecule has 3 aromatic rings. The Labute approximate surface area is 187 Å². The molecule has 3 heterocycles. The van der Waals surface area contributed by atoms with E-state index in [2.05, 4.69) is 34.1 Å². The molecular formula is C24H30N6O2. The second kappa shape index (κ2) is 9.08. The Balaban J connectivity index is 1.54. The SMILES string of the molecule is Cc1nc2c(cnn2C(C)C)cc1C(=O)Nc1ccccc1CN1CCCC(C(N)=O)C1. The molecule has 0 bridgehead atoms. The van der Waals surface area contributed by atoms with Gasteiger partial charge in [0.15, 0.2) is 5.65 Å². The van der Waals surface area contributed by atoms with Crippen molar-refractivity contribution < 1.29 is 9.59 Å². The van der Waals surface area contributed by atoms with Gasteiger partial charge in [0.05, 0.1) is 23.4 Å². The summed E-state index contributed by atoms with van der Waals surface area (Å²) in [5.41, 5.74) is 9.26. The molecule has 1 atom stereocenters. The molecule has 32 heavy (non-hydrogen) atoms. The number of piperidine rings is 1. The maximum atomic E-state index is 13.2. The summed E-state index contributed by atoms with van der Waals surface area (Å²) in [6, 6.07) is 9.81. The second-order valence-electron chi connectivity index (χ2n) is 8.80. The summed E-state index contributed by atoms with van der Waals surface area (Å²) in [6.07, 6.45) is 3.53. The number of nitrogens with one attached hydrogen (secondary N) is 1. The minimum Gasteiger partial charge on any atom is -0.369 e. The number of anilines is 1. The van der Waals surface area contributed by atoms with Crippen LogP contribution in [0.15, 0.2) is 36.5 Å². The summed E-state index contributed by atoms with van der Waals surface area (Å²) in [4.78, 5) is 31.6. The van der Waals surface area contributed by atoms with Crippen LogP contribution >= 0.6 is 0 Å². The van der Waals surface area contributed by atoms with E-state index in [9.17, 15) is 9.59 Å². The predicted octanol–water partition coefficient (Wildman–Crippen LogP) is 3.27. The quantitative estimate of drug-likeness (QED) is 0.619. The molecule has 1 saturated heterocycles. The third-order valence-corrected chi connectivity index (χ3v) is 6.06. The number of fused-ring (bicyclic) bond motifs is 1. The number of aryl methyl sites for hydroxylation is 1. The molecule has 1 aliphatic heterocycles. The number of pyridine rings is 1. The van der Waals surface area contributed by atoms with Crippen LogP contribution in [-0.4, -0.2) is 44.6 Å². The number of nitrogens with zero attached hydrogens (tertiary/aromatic N) is 4. The smallest absolute Gasteiger partial charge is 0.257 e. The number of benzene rings is 1. The molecule has 168 valence electrons. The Morgan fingerprint density at radius 2 is 2.06 bits per heavy atom. The van der Waals surface area contributed by atoms with Gasteiger partial charge in [-0.25, -0.2) is 9.67 Å². The zero-order chi connectivity index (χ0) is 22.8. The topological polar surface area (TPSA) is 106 Å². The first-order chi connectivity index (χ1) is 15.3. The van der Waals surface area contributed by atoms with Gasteiger partial charge in [0, 0.05) is 30.2 Å². The van der Waals surface area contributed by atoms with E-state index in [0.29, 0.717) is 24.3 Å². The molecule has 3 N–H and O–H groups in total. The highest BCUT2D eigenvalue weighted by atomic mass is 16.2. The van der Waals surface area contributed by atoms with Crippen LogP contribution in [0.3, 0.4) is 0 Å². The fourth-order valence-corrected chi connectivity index (χ4v) is 4.32. The first-order valence-electron chi connectivity index (χ1n) is 11.1. The number of amides is 2. The van der Waals surface area contributed by atoms with Crippen molar-refractivity contribution in [2.24, 2.45) is 11.7 Å². The van der Waals surface area contributed by atoms with Gasteiger partial charge in [-0.2, -0.15) is 5.10 Å². The zero-order valence-electron chi connectivity index (χ0n) is 18.8. The molecule has 1 fully saturated rings. The van der Waals surface area contributed by atoms with Crippen molar-refractivity contribution in [2.45, 2.75) is 46.2 Å². The first-order valence-corrected chi connectivity index (χ1v) is 11.1. The van der Waals surface area contributed by atoms with Gasteiger partial charge in [-0.15, -0.1) is 0 Å². The molecule has 1 aliphatic rings. The average molecular weight is 435 g/mol. The molecule has 2 aromatic heterocycles.